The number of amides is 1. The summed E-state index contributed by atoms with van der Waals surface area (Å²) < 4.78 is 30.6. The SMILES string of the molecule is CCCC/C=C\CCCCCCCC(=O)OC(/C=C\CCCCCCCCCCC)C(COP(=O)(O)OCC[N+](C)(C)C)NC(=O)CCCCCCCCC/C=C\C/C=C\C/C=C\C/C=C\CCCCC. The van der Waals surface area contributed by atoms with Gasteiger partial charge in [-0.1, -0.05) is 216 Å². The third-order valence-corrected chi connectivity index (χ3v) is 13.6. The Kier molecular flexibility index (Phi) is 49.1. The number of carbonyl (C=O) groups is 2. The first-order valence-corrected chi connectivity index (χ1v) is 30.8. The minimum Gasteiger partial charge on any atom is -0.456 e. The number of allylic oxidation sites excluding steroid dienone is 11. The fourth-order valence-electron chi connectivity index (χ4n) is 8.02. The fourth-order valence-corrected chi connectivity index (χ4v) is 8.76. The van der Waals surface area contributed by atoms with Gasteiger partial charge in [0.05, 0.1) is 33.8 Å². The Morgan fingerprint density at radius 2 is 0.873 bits per heavy atom. The zero-order valence-electron chi connectivity index (χ0n) is 47.0. The minimum atomic E-state index is -4.45. The number of ether oxygens (including phenoxy) is 1. The Bertz CT molecular complexity index is 1450. The molecule has 9 nitrogen and oxygen atoms in total. The van der Waals surface area contributed by atoms with Crippen molar-refractivity contribution in [1.82, 2.24) is 5.32 Å². The predicted molar refractivity (Wildman–Crippen MR) is 305 cm³/mol. The molecule has 0 aliphatic rings. The third kappa shape index (κ3) is 52.1. The Morgan fingerprint density at radius 1 is 0.493 bits per heavy atom. The lowest BCUT2D eigenvalue weighted by molar-refractivity contribution is -0.870. The van der Waals surface area contributed by atoms with Crippen LogP contribution < -0.4 is 5.32 Å². The van der Waals surface area contributed by atoms with Gasteiger partial charge in [-0.15, -0.1) is 0 Å². The van der Waals surface area contributed by atoms with Crippen molar-refractivity contribution in [2.45, 2.75) is 264 Å². The van der Waals surface area contributed by atoms with Gasteiger partial charge in [0.2, 0.25) is 5.91 Å². The highest BCUT2D eigenvalue weighted by Crippen LogP contribution is 2.43. The molecule has 0 heterocycles. The molecule has 0 saturated heterocycles. The summed E-state index contributed by atoms with van der Waals surface area (Å²) >= 11 is 0. The predicted octanol–water partition coefficient (Wildman–Crippen LogP) is 17.7. The highest BCUT2D eigenvalue weighted by atomic mass is 31.2. The molecule has 0 spiro atoms. The number of phosphoric acid groups is 1. The van der Waals surface area contributed by atoms with Gasteiger partial charge in [-0.2, -0.15) is 0 Å². The van der Waals surface area contributed by atoms with Gasteiger partial charge in [0.1, 0.15) is 19.3 Å². The lowest BCUT2D eigenvalue weighted by Gasteiger charge is -2.27. The summed E-state index contributed by atoms with van der Waals surface area (Å²) in [5.74, 6) is -0.531. The standard InChI is InChI=1S/C61H111N2O7P/c1-7-10-13-16-19-22-25-26-27-28-29-30-31-32-33-34-35-36-39-41-44-47-50-53-60(64)62-58(57-69-71(66,67)68-56-55-63(4,5)6)59(52-49-46-43-40-37-23-20-17-14-11-8-2)70-61(65)54-51-48-45-42-38-24-21-18-15-12-9-3/h18-19,21-22,26-27,29-30,32-33,49,52,58-59H,7-17,20,23-25,28,31,34-48,50-51,53-57H2,1-6H3,(H-,62,64,66,67)/p+1/b21-18-,22-19-,27-26-,30-29-,33-32-,52-49-. The van der Waals surface area contributed by atoms with Crippen LogP contribution in [0.5, 0.6) is 0 Å². The number of hydrogen-bond acceptors (Lipinski definition) is 6. The maximum atomic E-state index is 13.5. The molecule has 0 fully saturated rings. The molecular weight excluding hydrogens is 904 g/mol. The van der Waals surface area contributed by atoms with E-state index < -0.39 is 20.0 Å². The first-order chi connectivity index (χ1) is 34.4. The second kappa shape index (κ2) is 51.0. The van der Waals surface area contributed by atoms with Crippen LogP contribution in [0.2, 0.25) is 0 Å². The molecule has 412 valence electrons. The molecule has 0 radical (unpaired) electrons. The summed E-state index contributed by atoms with van der Waals surface area (Å²) in [6.07, 6.45) is 64.7. The largest absolute Gasteiger partial charge is 0.472 e. The van der Waals surface area contributed by atoms with Crippen molar-refractivity contribution in [2.75, 3.05) is 40.9 Å². The fraction of sp³-hybridized carbons (Fsp3) is 0.770. The smallest absolute Gasteiger partial charge is 0.456 e. The number of rotatable bonds is 52. The van der Waals surface area contributed by atoms with Crippen molar-refractivity contribution in [2.24, 2.45) is 0 Å². The summed E-state index contributed by atoms with van der Waals surface area (Å²) in [6.45, 7) is 6.92. The Hall–Kier alpha value is -2.55. The van der Waals surface area contributed by atoms with Gasteiger partial charge in [0.15, 0.2) is 0 Å². The molecule has 0 saturated carbocycles. The first kappa shape index (κ1) is 68.5. The molecule has 3 atom stereocenters. The molecule has 0 aliphatic heterocycles. The third-order valence-electron chi connectivity index (χ3n) is 12.6. The molecule has 2 N–H and O–H groups in total. The van der Waals surface area contributed by atoms with E-state index in [1.54, 1.807) is 0 Å². The van der Waals surface area contributed by atoms with Crippen molar-refractivity contribution in [3.05, 3.63) is 72.9 Å². The zero-order valence-corrected chi connectivity index (χ0v) is 47.8. The molecule has 0 aliphatic carbocycles. The Balaban J connectivity index is 5.20. The van der Waals surface area contributed by atoms with E-state index in [4.69, 9.17) is 13.8 Å². The number of likely N-dealkylation sites (N-methyl/N-ethyl adjacent to an activating group) is 1. The van der Waals surface area contributed by atoms with Crippen LogP contribution in [0.4, 0.5) is 0 Å². The Morgan fingerprint density at radius 3 is 1.37 bits per heavy atom. The average Bonchev–Trinajstić information content (AvgIpc) is 3.33. The lowest BCUT2D eigenvalue weighted by atomic mass is 10.1. The summed E-state index contributed by atoms with van der Waals surface area (Å²) in [6, 6.07) is -0.858. The van der Waals surface area contributed by atoms with Crippen LogP contribution in [-0.2, 0) is 27.9 Å². The highest BCUT2D eigenvalue weighted by molar-refractivity contribution is 7.47. The molecule has 71 heavy (non-hydrogen) atoms. The zero-order chi connectivity index (χ0) is 52.2. The molecule has 10 heteroatoms. The number of quaternary nitrogens is 1. The van der Waals surface area contributed by atoms with Crippen LogP contribution in [0.15, 0.2) is 72.9 Å². The minimum absolute atomic E-state index is 0.0341. The van der Waals surface area contributed by atoms with Crippen molar-refractivity contribution >= 4 is 19.7 Å². The number of nitrogens with zero attached hydrogens (tertiary/aromatic N) is 1. The highest BCUT2D eigenvalue weighted by Gasteiger charge is 2.30. The van der Waals surface area contributed by atoms with E-state index in [-0.39, 0.29) is 31.5 Å². The molecule has 1 amide bonds. The molecule has 0 aromatic carbocycles. The van der Waals surface area contributed by atoms with E-state index in [9.17, 15) is 19.0 Å². The number of hydrogen-bond donors (Lipinski definition) is 2. The normalized spacial score (nSPS) is 14.3. The van der Waals surface area contributed by atoms with Crippen LogP contribution in [0.3, 0.4) is 0 Å². The second-order valence-electron chi connectivity index (χ2n) is 20.8. The molecule has 3 unspecified atom stereocenters. The van der Waals surface area contributed by atoms with Gasteiger partial charge in [-0.25, -0.2) is 4.57 Å². The van der Waals surface area contributed by atoms with Crippen molar-refractivity contribution < 1.29 is 37.3 Å². The number of nitrogens with one attached hydrogen (secondary N) is 1. The van der Waals surface area contributed by atoms with E-state index >= 15 is 0 Å². The van der Waals surface area contributed by atoms with Gasteiger partial charge >= 0.3 is 13.8 Å². The van der Waals surface area contributed by atoms with Crippen LogP contribution >= 0.6 is 7.82 Å². The molecular formula is C61H112N2O7P+. The van der Waals surface area contributed by atoms with Crippen LogP contribution in [0.25, 0.3) is 0 Å². The van der Waals surface area contributed by atoms with Crippen molar-refractivity contribution in [1.29, 1.82) is 0 Å². The number of phosphoric ester groups is 1. The first-order valence-electron chi connectivity index (χ1n) is 29.3. The van der Waals surface area contributed by atoms with E-state index in [2.05, 4.69) is 86.8 Å². The topological polar surface area (TPSA) is 111 Å². The van der Waals surface area contributed by atoms with Crippen LogP contribution in [-0.4, -0.2) is 74.3 Å². The summed E-state index contributed by atoms with van der Waals surface area (Å²) in [5.41, 5.74) is 0. The van der Waals surface area contributed by atoms with Gasteiger partial charge in [-0.3, -0.25) is 18.6 Å². The maximum absolute atomic E-state index is 13.5. The van der Waals surface area contributed by atoms with Crippen LogP contribution in [0.1, 0.15) is 252 Å². The van der Waals surface area contributed by atoms with E-state index in [0.29, 0.717) is 17.4 Å². The summed E-state index contributed by atoms with van der Waals surface area (Å²) in [4.78, 5) is 37.5. The van der Waals surface area contributed by atoms with E-state index in [1.807, 2.05) is 33.3 Å². The van der Waals surface area contributed by atoms with Gasteiger partial charge in [0.25, 0.3) is 0 Å². The summed E-state index contributed by atoms with van der Waals surface area (Å²) in [5, 5.41) is 3.04. The van der Waals surface area contributed by atoms with Gasteiger partial charge < -0.3 is 19.4 Å². The van der Waals surface area contributed by atoms with Crippen LogP contribution in [0, 0.1) is 0 Å². The lowest BCUT2D eigenvalue weighted by Crippen LogP contribution is -2.47. The maximum Gasteiger partial charge on any atom is 0.472 e. The molecule has 0 bridgehead atoms. The summed E-state index contributed by atoms with van der Waals surface area (Å²) in [7, 11) is 1.48. The number of carbonyl (C=O) groups excluding carboxylic acids is 2. The van der Waals surface area contributed by atoms with E-state index in [1.165, 1.54) is 103 Å². The molecule has 0 rings (SSSR count). The van der Waals surface area contributed by atoms with Gasteiger partial charge in [-0.05, 0) is 96.0 Å². The number of unbranched alkanes of at least 4 members (excludes halogenated alkanes) is 26. The number of esters is 1. The van der Waals surface area contributed by atoms with Gasteiger partial charge in [0, 0.05) is 12.8 Å². The molecule has 0 aromatic heterocycles. The molecule has 0 aromatic rings. The van der Waals surface area contributed by atoms with Crippen molar-refractivity contribution in [3.63, 3.8) is 0 Å². The Labute approximate surface area is 438 Å². The quantitative estimate of drug-likeness (QED) is 0.0205. The second-order valence-corrected chi connectivity index (χ2v) is 22.3. The monoisotopic (exact) mass is 1020 g/mol. The van der Waals surface area contributed by atoms with Crippen molar-refractivity contribution in [3.8, 4) is 0 Å². The average molecular weight is 1020 g/mol. The van der Waals surface area contributed by atoms with E-state index in [0.717, 1.165) is 116 Å².